The fourth-order valence-electron chi connectivity index (χ4n) is 1.71. The molecule has 90 valence electrons. The molecule has 0 aliphatic heterocycles. The van der Waals surface area contributed by atoms with Crippen molar-refractivity contribution in [1.82, 2.24) is 14.6 Å². The monoisotopic (exact) mass is 259 g/mol. The van der Waals surface area contributed by atoms with E-state index in [-0.39, 0.29) is 5.97 Å². The molecule has 6 heteroatoms. The Kier molecular flexibility index (Phi) is 2.56. The quantitative estimate of drug-likeness (QED) is 0.662. The molecule has 0 atom stereocenters. The first kappa shape index (κ1) is 10.9. The van der Waals surface area contributed by atoms with Crippen molar-refractivity contribution < 1.29 is 9.53 Å². The molecule has 0 saturated heterocycles. The van der Waals surface area contributed by atoms with Gasteiger partial charge < -0.3 is 4.74 Å². The molecule has 3 aromatic heterocycles. The summed E-state index contributed by atoms with van der Waals surface area (Å²) >= 11 is 1.60. The Morgan fingerprint density at radius 2 is 2.28 bits per heavy atom. The van der Waals surface area contributed by atoms with E-state index in [1.807, 2.05) is 21.9 Å². The molecule has 3 aromatic rings. The number of aromatic nitrogens is 3. The van der Waals surface area contributed by atoms with Gasteiger partial charge in [-0.3, -0.25) is 4.40 Å². The van der Waals surface area contributed by atoms with Crippen LogP contribution in [0.3, 0.4) is 0 Å². The van der Waals surface area contributed by atoms with Crippen LogP contribution in [0.4, 0.5) is 0 Å². The second-order valence-electron chi connectivity index (χ2n) is 3.64. The summed E-state index contributed by atoms with van der Waals surface area (Å²) in [5, 5.41) is 10.2. The summed E-state index contributed by atoms with van der Waals surface area (Å²) in [6.45, 7) is 0. The molecule has 0 fully saturated rings. The van der Waals surface area contributed by atoms with Gasteiger partial charge in [-0.15, -0.1) is 21.5 Å². The highest BCUT2D eigenvalue weighted by atomic mass is 32.1. The number of hydrogen-bond donors (Lipinski definition) is 0. The number of fused-ring (bicyclic) bond motifs is 1. The van der Waals surface area contributed by atoms with Crippen LogP contribution < -0.4 is 0 Å². The summed E-state index contributed by atoms with van der Waals surface area (Å²) < 4.78 is 6.52. The van der Waals surface area contributed by atoms with Crippen LogP contribution in [0, 0.1) is 0 Å². The summed E-state index contributed by atoms with van der Waals surface area (Å²) in [6, 6.07) is 7.30. The van der Waals surface area contributed by atoms with Crippen LogP contribution in [0.5, 0.6) is 0 Å². The molecule has 0 spiro atoms. The van der Waals surface area contributed by atoms with Crippen molar-refractivity contribution in [2.75, 3.05) is 7.11 Å². The Bertz CT molecular complexity index is 703. The molecule has 5 nitrogen and oxygen atoms in total. The van der Waals surface area contributed by atoms with Gasteiger partial charge in [0.25, 0.3) is 0 Å². The molecule has 0 aromatic carbocycles. The zero-order chi connectivity index (χ0) is 12.5. The van der Waals surface area contributed by atoms with Gasteiger partial charge in [0.1, 0.15) is 0 Å². The SMILES string of the molecule is COC(=O)c1ccn2c(-c3cccs3)nnc2c1. The molecule has 0 bridgehead atoms. The molecule has 0 aliphatic rings. The Morgan fingerprint density at radius 3 is 3.00 bits per heavy atom. The molecular weight excluding hydrogens is 250 g/mol. The zero-order valence-electron chi connectivity index (χ0n) is 9.53. The van der Waals surface area contributed by atoms with E-state index >= 15 is 0 Å². The maximum absolute atomic E-state index is 11.4. The third-order valence-electron chi connectivity index (χ3n) is 2.57. The second kappa shape index (κ2) is 4.23. The van der Waals surface area contributed by atoms with Gasteiger partial charge in [-0.2, -0.15) is 0 Å². The minimum Gasteiger partial charge on any atom is -0.465 e. The van der Waals surface area contributed by atoms with Crippen molar-refractivity contribution in [3.63, 3.8) is 0 Å². The summed E-state index contributed by atoms with van der Waals surface area (Å²) in [6.07, 6.45) is 1.77. The first-order valence-corrected chi connectivity index (χ1v) is 6.14. The molecule has 0 unspecified atom stereocenters. The van der Waals surface area contributed by atoms with Crippen LogP contribution >= 0.6 is 11.3 Å². The highest BCUT2D eigenvalue weighted by Gasteiger charge is 2.11. The minimum atomic E-state index is -0.377. The van der Waals surface area contributed by atoms with Gasteiger partial charge in [0.15, 0.2) is 11.5 Å². The van der Waals surface area contributed by atoms with Gasteiger partial charge in [0.05, 0.1) is 17.6 Å². The molecule has 3 rings (SSSR count). The van der Waals surface area contributed by atoms with E-state index in [0.29, 0.717) is 11.2 Å². The number of ether oxygens (including phenoxy) is 1. The molecule has 0 saturated carbocycles. The third kappa shape index (κ3) is 1.67. The van der Waals surface area contributed by atoms with E-state index in [1.54, 1.807) is 29.7 Å². The van der Waals surface area contributed by atoms with Crippen LogP contribution in [0.2, 0.25) is 0 Å². The van der Waals surface area contributed by atoms with Gasteiger partial charge in [-0.05, 0) is 23.6 Å². The maximum atomic E-state index is 11.4. The first-order valence-electron chi connectivity index (χ1n) is 5.26. The van der Waals surface area contributed by atoms with Crippen LogP contribution in [-0.4, -0.2) is 27.7 Å². The molecule has 0 N–H and O–H groups in total. The van der Waals surface area contributed by atoms with Crippen molar-refractivity contribution in [3.8, 4) is 10.7 Å². The van der Waals surface area contributed by atoms with Crippen molar-refractivity contribution in [2.24, 2.45) is 0 Å². The lowest BCUT2D eigenvalue weighted by atomic mass is 10.2. The van der Waals surface area contributed by atoms with Crippen LogP contribution in [-0.2, 0) is 4.74 Å². The van der Waals surface area contributed by atoms with Crippen molar-refractivity contribution in [2.45, 2.75) is 0 Å². The average molecular weight is 259 g/mol. The number of hydrogen-bond acceptors (Lipinski definition) is 5. The molecule has 0 amide bonds. The second-order valence-corrected chi connectivity index (χ2v) is 4.58. The van der Waals surface area contributed by atoms with Gasteiger partial charge >= 0.3 is 5.97 Å². The lowest BCUT2D eigenvalue weighted by molar-refractivity contribution is 0.0600. The normalized spacial score (nSPS) is 10.7. The van der Waals surface area contributed by atoms with E-state index in [2.05, 4.69) is 14.9 Å². The van der Waals surface area contributed by atoms with E-state index in [4.69, 9.17) is 0 Å². The number of pyridine rings is 1. The summed E-state index contributed by atoms with van der Waals surface area (Å²) in [4.78, 5) is 12.5. The molecule has 0 aliphatic carbocycles. The Hall–Kier alpha value is -2.21. The topological polar surface area (TPSA) is 56.5 Å². The van der Waals surface area contributed by atoms with Crippen LogP contribution in [0.1, 0.15) is 10.4 Å². The van der Waals surface area contributed by atoms with E-state index < -0.39 is 0 Å². The van der Waals surface area contributed by atoms with Gasteiger partial charge in [-0.1, -0.05) is 6.07 Å². The number of thiophene rings is 1. The molecule has 0 radical (unpaired) electrons. The first-order chi connectivity index (χ1) is 8.79. The van der Waals surface area contributed by atoms with Gasteiger partial charge in [-0.25, -0.2) is 4.79 Å². The number of carbonyl (C=O) groups excluding carboxylic acids is 1. The zero-order valence-corrected chi connectivity index (χ0v) is 10.3. The van der Waals surface area contributed by atoms with E-state index in [0.717, 1.165) is 10.7 Å². The number of esters is 1. The Balaban J connectivity index is 2.14. The van der Waals surface area contributed by atoms with Crippen molar-refractivity contribution in [1.29, 1.82) is 0 Å². The number of methoxy groups -OCH3 is 1. The van der Waals surface area contributed by atoms with Crippen LogP contribution in [0.25, 0.3) is 16.3 Å². The summed E-state index contributed by atoms with van der Waals surface area (Å²) in [5.41, 5.74) is 1.09. The van der Waals surface area contributed by atoms with Crippen molar-refractivity contribution >= 4 is 23.0 Å². The van der Waals surface area contributed by atoms with Crippen molar-refractivity contribution in [3.05, 3.63) is 41.4 Å². The fourth-order valence-corrected chi connectivity index (χ4v) is 2.41. The molecular formula is C12H9N3O2S. The smallest absolute Gasteiger partial charge is 0.338 e. The fraction of sp³-hybridized carbons (Fsp3) is 0.0833. The molecule has 18 heavy (non-hydrogen) atoms. The minimum absolute atomic E-state index is 0.377. The predicted octanol–water partition coefficient (Wildman–Crippen LogP) is 2.24. The Labute approximate surface area is 107 Å². The maximum Gasteiger partial charge on any atom is 0.338 e. The average Bonchev–Trinajstić information content (AvgIpc) is 3.05. The third-order valence-corrected chi connectivity index (χ3v) is 3.44. The summed E-state index contributed by atoms with van der Waals surface area (Å²) in [7, 11) is 1.35. The largest absolute Gasteiger partial charge is 0.465 e. The van der Waals surface area contributed by atoms with Crippen LogP contribution in [0.15, 0.2) is 35.8 Å². The van der Waals surface area contributed by atoms with Gasteiger partial charge in [0, 0.05) is 6.20 Å². The lowest BCUT2D eigenvalue weighted by Crippen LogP contribution is -2.02. The highest BCUT2D eigenvalue weighted by molar-refractivity contribution is 7.13. The lowest BCUT2D eigenvalue weighted by Gasteiger charge is -2.00. The summed E-state index contributed by atoms with van der Waals surface area (Å²) in [5.74, 6) is 0.398. The van der Waals surface area contributed by atoms with Gasteiger partial charge in [0.2, 0.25) is 0 Å². The van der Waals surface area contributed by atoms with E-state index in [9.17, 15) is 4.79 Å². The number of carbonyl (C=O) groups is 1. The highest BCUT2D eigenvalue weighted by Crippen LogP contribution is 2.23. The number of nitrogens with zero attached hydrogens (tertiary/aromatic N) is 3. The number of rotatable bonds is 2. The predicted molar refractivity (Wildman–Crippen MR) is 67.6 cm³/mol. The Morgan fingerprint density at radius 1 is 1.39 bits per heavy atom. The standard InChI is InChI=1S/C12H9N3O2S/c1-17-12(16)8-4-5-15-10(7-8)13-14-11(15)9-3-2-6-18-9/h2-7H,1H3. The molecule has 3 heterocycles. The van der Waals surface area contributed by atoms with E-state index in [1.165, 1.54) is 7.11 Å².